The zero-order chi connectivity index (χ0) is 21.0. The van der Waals surface area contributed by atoms with Crippen LogP contribution in [0.5, 0.6) is 0 Å². The number of hydrogen-bond acceptors (Lipinski definition) is 3. The largest absolute Gasteiger partial charge is 0.324 e. The summed E-state index contributed by atoms with van der Waals surface area (Å²) in [5.41, 5.74) is 2.79. The number of sulfonamides is 1. The number of para-hydroxylation sites is 1. The van der Waals surface area contributed by atoms with Gasteiger partial charge >= 0.3 is 0 Å². The van der Waals surface area contributed by atoms with Crippen LogP contribution >= 0.6 is 11.6 Å². The molecule has 1 N–H and O–H groups in total. The lowest BCUT2D eigenvalue weighted by Gasteiger charge is -2.28. The maximum absolute atomic E-state index is 13.0. The molecule has 1 amide bonds. The van der Waals surface area contributed by atoms with Gasteiger partial charge in [0.15, 0.2) is 0 Å². The maximum atomic E-state index is 13.0. The second-order valence-corrected chi connectivity index (χ2v) is 8.91. The highest BCUT2D eigenvalue weighted by molar-refractivity contribution is 7.92. The Hall–Kier alpha value is -2.83. The second-order valence-electron chi connectivity index (χ2n) is 6.61. The molecule has 5 nitrogen and oxygen atoms in total. The van der Waals surface area contributed by atoms with Gasteiger partial charge in [0.1, 0.15) is 6.04 Å². The van der Waals surface area contributed by atoms with Crippen molar-refractivity contribution < 1.29 is 13.2 Å². The predicted molar refractivity (Wildman–Crippen MR) is 119 cm³/mol. The number of halogens is 1. The van der Waals surface area contributed by atoms with Crippen molar-refractivity contribution >= 4 is 38.9 Å². The molecule has 0 fully saturated rings. The molecule has 3 aromatic rings. The van der Waals surface area contributed by atoms with E-state index in [0.717, 1.165) is 21.7 Å². The third kappa shape index (κ3) is 4.96. The summed E-state index contributed by atoms with van der Waals surface area (Å²) in [5, 5.41) is 3.35. The van der Waals surface area contributed by atoms with Crippen LogP contribution in [0.25, 0.3) is 11.1 Å². The van der Waals surface area contributed by atoms with Gasteiger partial charge < -0.3 is 5.32 Å². The highest BCUT2D eigenvalue weighted by Crippen LogP contribution is 2.29. The smallest absolute Gasteiger partial charge is 0.248 e. The predicted octanol–water partition coefficient (Wildman–Crippen LogP) is 4.80. The van der Waals surface area contributed by atoms with Crippen molar-refractivity contribution in [3.8, 4) is 11.1 Å². The topological polar surface area (TPSA) is 66.5 Å². The lowest BCUT2D eigenvalue weighted by Crippen LogP contribution is -2.45. The van der Waals surface area contributed by atoms with E-state index in [2.05, 4.69) is 5.32 Å². The highest BCUT2D eigenvalue weighted by Gasteiger charge is 2.29. The molecular formula is C22H21ClN2O3S. The lowest BCUT2D eigenvalue weighted by atomic mass is 10.0. The van der Waals surface area contributed by atoms with Gasteiger partial charge in [-0.25, -0.2) is 8.42 Å². The Morgan fingerprint density at radius 3 is 2.14 bits per heavy atom. The van der Waals surface area contributed by atoms with E-state index in [0.29, 0.717) is 16.4 Å². The summed E-state index contributed by atoms with van der Waals surface area (Å²) in [5.74, 6) is -0.436. The molecule has 0 saturated carbocycles. The van der Waals surface area contributed by atoms with E-state index in [-0.39, 0.29) is 0 Å². The minimum absolute atomic E-state index is 0.371. The monoisotopic (exact) mass is 428 g/mol. The van der Waals surface area contributed by atoms with Crippen LogP contribution in [0.1, 0.15) is 6.92 Å². The summed E-state index contributed by atoms with van der Waals surface area (Å²) < 4.78 is 25.9. The summed E-state index contributed by atoms with van der Waals surface area (Å²) in [6, 6.07) is 22.4. The van der Waals surface area contributed by atoms with E-state index in [1.807, 2.05) is 48.5 Å². The van der Waals surface area contributed by atoms with Crippen molar-refractivity contribution in [2.24, 2.45) is 0 Å². The molecule has 3 aromatic carbocycles. The summed E-state index contributed by atoms with van der Waals surface area (Å²) in [7, 11) is -3.70. The van der Waals surface area contributed by atoms with Crippen LogP contribution in [-0.4, -0.2) is 26.6 Å². The van der Waals surface area contributed by atoms with Crippen molar-refractivity contribution in [1.29, 1.82) is 0 Å². The molecule has 1 unspecified atom stereocenters. The summed E-state index contributed by atoms with van der Waals surface area (Å²) in [4.78, 5) is 13.0. The van der Waals surface area contributed by atoms with Gasteiger partial charge in [-0.3, -0.25) is 9.10 Å². The molecule has 150 valence electrons. The van der Waals surface area contributed by atoms with Crippen molar-refractivity contribution in [3.63, 3.8) is 0 Å². The third-order valence-corrected chi connectivity index (χ3v) is 5.93. The van der Waals surface area contributed by atoms with Crippen molar-refractivity contribution in [3.05, 3.63) is 83.9 Å². The minimum Gasteiger partial charge on any atom is -0.324 e. The fourth-order valence-electron chi connectivity index (χ4n) is 3.10. The van der Waals surface area contributed by atoms with Crippen LogP contribution in [-0.2, 0) is 14.8 Å². The molecule has 3 rings (SSSR count). The molecule has 0 aliphatic carbocycles. The zero-order valence-electron chi connectivity index (χ0n) is 16.0. The molecule has 0 bridgehead atoms. The first kappa shape index (κ1) is 20.9. The Morgan fingerprint density at radius 2 is 1.52 bits per heavy atom. The lowest BCUT2D eigenvalue weighted by molar-refractivity contribution is -0.116. The van der Waals surface area contributed by atoms with Crippen LogP contribution in [0.2, 0.25) is 5.02 Å². The van der Waals surface area contributed by atoms with Gasteiger partial charge in [-0.2, -0.15) is 0 Å². The Labute approximate surface area is 176 Å². The fraction of sp³-hybridized carbons (Fsp3) is 0.136. The minimum atomic E-state index is -3.70. The molecule has 0 spiro atoms. The molecule has 0 radical (unpaired) electrons. The Bertz CT molecular complexity index is 1100. The van der Waals surface area contributed by atoms with Crippen molar-refractivity contribution in [2.75, 3.05) is 15.9 Å². The number of hydrogen-bond donors (Lipinski definition) is 1. The molecule has 0 saturated heterocycles. The normalized spacial score (nSPS) is 12.2. The number of nitrogens with zero attached hydrogens (tertiary/aromatic N) is 1. The van der Waals surface area contributed by atoms with E-state index in [9.17, 15) is 13.2 Å². The fourth-order valence-corrected chi connectivity index (χ4v) is 4.40. The van der Waals surface area contributed by atoms with Gasteiger partial charge in [0.05, 0.1) is 11.9 Å². The average molecular weight is 429 g/mol. The zero-order valence-corrected chi connectivity index (χ0v) is 17.6. The SMILES string of the molecule is CC(C(=O)Nc1ccccc1-c1ccccc1)N(c1ccc(Cl)cc1)S(C)(=O)=O. The van der Waals surface area contributed by atoms with Crippen LogP contribution in [0.4, 0.5) is 11.4 Å². The van der Waals surface area contributed by atoms with Gasteiger partial charge in [0.2, 0.25) is 15.9 Å². The van der Waals surface area contributed by atoms with E-state index < -0.39 is 22.0 Å². The Balaban J connectivity index is 1.91. The van der Waals surface area contributed by atoms with Gasteiger partial charge in [0, 0.05) is 16.3 Å². The Morgan fingerprint density at radius 1 is 0.931 bits per heavy atom. The summed E-state index contributed by atoms with van der Waals surface area (Å²) >= 11 is 5.91. The van der Waals surface area contributed by atoms with E-state index in [1.54, 1.807) is 37.3 Å². The average Bonchev–Trinajstić information content (AvgIpc) is 2.69. The number of nitrogens with one attached hydrogen (secondary N) is 1. The highest BCUT2D eigenvalue weighted by atomic mass is 35.5. The first-order chi connectivity index (χ1) is 13.8. The molecule has 0 aromatic heterocycles. The standard InChI is InChI=1S/C22H21ClN2O3S/c1-16(25(29(2,27)28)19-14-12-18(23)13-15-19)22(26)24-21-11-7-6-10-20(21)17-8-4-3-5-9-17/h3-16H,1-2H3,(H,24,26). The van der Waals surface area contributed by atoms with Crippen LogP contribution < -0.4 is 9.62 Å². The van der Waals surface area contributed by atoms with Gasteiger partial charge in [-0.15, -0.1) is 0 Å². The molecule has 1 atom stereocenters. The summed E-state index contributed by atoms with van der Waals surface area (Å²) in [6.07, 6.45) is 1.07. The van der Waals surface area contributed by atoms with Crippen LogP contribution in [0, 0.1) is 0 Å². The van der Waals surface area contributed by atoms with Crippen LogP contribution in [0.3, 0.4) is 0 Å². The van der Waals surface area contributed by atoms with E-state index >= 15 is 0 Å². The van der Waals surface area contributed by atoms with Gasteiger partial charge in [0.25, 0.3) is 0 Å². The number of amides is 1. The third-order valence-electron chi connectivity index (χ3n) is 4.44. The van der Waals surface area contributed by atoms with Gasteiger partial charge in [-0.1, -0.05) is 60.1 Å². The van der Waals surface area contributed by atoms with Crippen molar-refractivity contribution in [1.82, 2.24) is 0 Å². The molecule has 7 heteroatoms. The first-order valence-corrected chi connectivity index (χ1v) is 11.2. The number of benzene rings is 3. The van der Waals surface area contributed by atoms with Crippen LogP contribution in [0.15, 0.2) is 78.9 Å². The summed E-state index contributed by atoms with van der Waals surface area (Å²) in [6.45, 7) is 1.55. The molecule has 0 aliphatic rings. The molecule has 29 heavy (non-hydrogen) atoms. The number of carbonyl (C=O) groups is 1. The second kappa shape index (κ2) is 8.68. The maximum Gasteiger partial charge on any atom is 0.248 e. The molecule has 0 aliphatic heterocycles. The molecular weight excluding hydrogens is 408 g/mol. The van der Waals surface area contributed by atoms with Gasteiger partial charge in [-0.05, 0) is 42.8 Å². The van der Waals surface area contributed by atoms with E-state index in [1.165, 1.54) is 0 Å². The number of rotatable bonds is 6. The quantitative estimate of drug-likeness (QED) is 0.613. The Kier molecular flexibility index (Phi) is 6.25. The van der Waals surface area contributed by atoms with E-state index in [4.69, 9.17) is 11.6 Å². The first-order valence-electron chi connectivity index (χ1n) is 8.97. The number of carbonyl (C=O) groups excluding carboxylic acids is 1. The van der Waals surface area contributed by atoms with Crippen molar-refractivity contribution in [2.45, 2.75) is 13.0 Å². The number of anilines is 2. The molecule has 0 heterocycles.